The third-order valence-corrected chi connectivity index (χ3v) is 2.97. The predicted octanol–water partition coefficient (Wildman–Crippen LogP) is 3.15. The molecule has 1 amide bonds. The molecule has 0 bridgehead atoms. The predicted molar refractivity (Wildman–Crippen MR) is 75.9 cm³/mol. The van der Waals surface area contributed by atoms with Gasteiger partial charge in [0.1, 0.15) is 0 Å². The lowest BCUT2D eigenvalue weighted by Gasteiger charge is -2.26. The topological polar surface area (TPSA) is 46.3 Å². The van der Waals surface area contributed by atoms with Crippen molar-refractivity contribution in [3.63, 3.8) is 0 Å². The first-order valence-corrected chi connectivity index (χ1v) is 6.93. The zero-order valence-corrected chi connectivity index (χ0v) is 12.3. The summed E-state index contributed by atoms with van der Waals surface area (Å²) in [5.74, 6) is -0.421. The average molecular weight is 302 g/mol. The van der Waals surface area contributed by atoms with E-state index in [0.717, 1.165) is 6.07 Å². The van der Waals surface area contributed by atoms with Crippen molar-refractivity contribution in [1.82, 2.24) is 4.90 Å². The summed E-state index contributed by atoms with van der Waals surface area (Å²) in [5.41, 5.74) is 4.23. The number of nitrogens with zero attached hydrogens (tertiary/aromatic N) is 1. The Morgan fingerprint density at radius 2 is 1.90 bits per heavy atom. The first-order chi connectivity index (χ1) is 9.77. The Kier molecular flexibility index (Phi) is 6.20. The number of carbonyl (C=O) groups is 1. The number of alkyl halides is 3. The first-order valence-electron chi connectivity index (χ1n) is 6.93. The molecule has 6 heteroatoms. The number of hydrogen-bond donors (Lipinski definition) is 1. The Balaban J connectivity index is 3.08. The third-order valence-electron chi connectivity index (χ3n) is 2.97. The molecular weight excluding hydrogens is 281 g/mol. The second kappa shape index (κ2) is 7.45. The van der Waals surface area contributed by atoms with Gasteiger partial charge in [-0.3, -0.25) is 4.79 Å². The van der Waals surface area contributed by atoms with Crippen LogP contribution in [0.15, 0.2) is 24.3 Å². The Hall–Kier alpha value is -1.56. The summed E-state index contributed by atoms with van der Waals surface area (Å²) in [7, 11) is 0. The minimum absolute atomic E-state index is 0.171. The van der Waals surface area contributed by atoms with Crippen molar-refractivity contribution >= 4 is 5.91 Å². The summed E-state index contributed by atoms with van der Waals surface area (Å²) >= 11 is 0. The molecule has 0 aliphatic rings. The van der Waals surface area contributed by atoms with Gasteiger partial charge in [0.25, 0.3) is 5.91 Å². The zero-order valence-electron chi connectivity index (χ0n) is 12.3. The van der Waals surface area contributed by atoms with Crippen LogP contribution >= 0.6 is 0 Å². The van der Waals surface area contributed by atoms with E-state index in [1.54, 1.807) is 0 Å². The van der Waals surface area contributed by atoms with Crippen molar-refractivity contribution in [2.45, 2.75) is 26.4 Å². The molecule has 118 valence electrons. The zero-order chi connectivity index (χ0) is 16.0. The molecule has 0 aromatic heterocycles. The number of amides is 1. The molecule has 1 rings (SSSR count). The van der Waals surface area contributed by atoms with Crippen LogP contribution in [0, 0.1) is 5.92 Å². The maximum absolute atomic E-state index is 13.0. The van der Waals surface area contributed by atoms with E-state index in [0.29, 0.717) is 26.1 Å². The number of benzene rings is 1. The van der Waals surface area contributed by atoms with E-state index in [-0.39, 0.29) is 11.5 Å². The van der Waals surface area contributed by atoms with E-state index in [9.17, 15) is 18.0 Å². The number of nitrogens with two attached hydrogens (primary N) is 1. The molecule has 2 N–H and O–H groups in total. The van der Waals surface area contributed by atoms with Gasteiger partial charge in [0, 0.05) is 13.1 Å². The van der Waals surface area contributed by atoms with Crippen LogP contribution in [-0.2, 0) is 6.18 Å². The van der Waals surface area contributed by atoms with Gasteiger partial charge in [0.15, 0.2) is 0 Å². The van der Waals surface area contributed by atoms with E-state index in [2.05, 4.69) is 0 Å². The standard InChI is InChI=1S/C15H21F3N2O/c1-11(2)10-20(9-5-8-19)14(21)12-6-3-4-7-13(12)15(16,17)18/h3-4,6-7,11H,5,8-10,19H2,1-2H3. The number of carbonyl (C=O) groups excluding carboxylic acids is 1. The van der Waals surface area contributed by atoms with Crippen molar-refractivity contribution in [2.24, 2.45) is 11.7 Å². The SMILES string of the molecule is CC(C)CN(CCCN)C(=O)c1ccccc1C(F)(F)F. The van der Waals surface area contributed by atoms with Crippen molar-refractivity contribution in [3.8, 4) is 0 Å². The maximum Gasteiger partial charge on any atom is 0.417 e. The van der Waals surface area contributed by atoms with Gasteiger partial charge in [-0.15, -0.1) is 0 Å². The first kappa shape index (κ1) is 17.5. The van der Waals surface area contributed by atoms with Gasteiger partial charge in [-0.1, -0.05) is 26.0 Å². The van der Waals surface area contributed by atoms with Crippen LogP contribution in [0.5, 0.6) is 0 Å². The molecule has 0 saturated carbocycles. The molecule has 0 saturated heterocycles. The van der Waals surface area contributed by atoms with Crippen LogP contribution in [0.2, 0.25) is 0 Å². The molecule has 0 aliphatic carbocycles. The molecule has 21 heavy (non-hydrogen) atoms. The Morgan fingerprint density at radius 1 is 1.29 bits per heavy atom. The minimum atomic E-state index is -4.54. The summed E-state index contributed by atoms with van der Waals surface area (Å²) in [6, 6.07) is 4.88. The van der Waals surface area contributed by atoms with Gasteiger partial charge in [-0.25, -0.2) is 0 Å². The van der Waals surface area contributed by atoms with Crippen molar-refractivity contribution < 1.29 is 18.0 Å². The lowest BCUT2D eigenvalue weighted by molar-refractivity contribution is -0.138. The minimum Gasteiger partial charge on any atom is -0.338 e. The Bertz CT molecular complexity index is 472. The lowest BCUT2D eigenvalue weighted by atomic mass is 10.0. The largest absolute Gasteiger partial charge is 0.417 e. The quantitative estimate of drug-likeness (QED) is 0.877. The molecule has 0 unspecified atom stereocenters. The third kappa shape index (κ3) is 5.04. The summed E-state index contributed by atoms with van der Waals surface area (Å²) in [6.45, 7) is 4.99. The fraction of sp³-hybridized carbons (Fsp3) is 0.533. The van der Waals surface area contributed by atoms with Gasteiger partial charge in [-0.05, 0) is 31.0 Å². The molecule has 0 spiro atoms. The Labute approximate surface area is 122 Å². The number of hydrogen-bond acceptors (Lipinski definition) is 2. The average Bonchev–Trinajstić information content (AvgIpc) is 2.41. The molecule has 1 aromatic carbocycles. The second-order valence-electron chi connectivity index (χ2n) is 5.33. The summed E-state index contributed by atoms with van der Waals surface area (Å²) < 4.78 is 39.0. The van der Waals surface area contributed by atoms with Crippen LogP contribution in [-0.4, -0.2) is 30.4 Å². The van der Waals surface area contributed by atoms with E-state index >= 15 is 0 Å². The molecule has 0 fully saturated rings. The van der Waals surface area contributed by atoms with Crippen LogP contribution in [0.3, 0.4) is 0 Å². The van der Waals surface area contributed by atoms with Crippen LogP contribution in [0.4, 0.5) is 13.2 Å². The van der Waals surface area contributed by atoms with Gasteiger partial charge < -0.3 is 10.6 Å². The smallest absolute Gasteiger partial charge is 0.338 e. The van der Waals surface area contributed by atoms with Crippen molar-refractivity contribution in [2.75, 3.05) is 19.6 Å². The van der Waals surface area contributed by atoms with E-state index in [1.165, 1.54) is 23.1 Å². The second-order valence-corrected chi connectivity index (χ2v) is 5.33. The highest BCUT2D eigenvalue weighted by Crippen LogP contribution is 2.32. The molecule has 0 radical (unpaired) electrons. The monoisotopic (exact) mass is 302 g/mol. The fourth-order valence-corrected chi connectivity index (χ4v) is 2.09. The molecular formula is C15H21F3N2O. The van der Waals surface area contributed by atoms with Gasteiger partial charge in [-0.2, -0.15) is 13.2 Å². The molecule has 1 aromatic rings. The van der Waals surface area contributed by atoms with Crippen LogP contribution < -0.4 is 5.73 Å². The van der Waals surface area contributed by atoms with E-state index in [1.807, 2.05) is 13.8 Å². The maximum atomic E-state index is 13.0. The Morgan fingerprint density at radius 3 is 2.43 bits per heavy atom. The summed E-state index contributed by atoms with van der Waals surface area (Å²) in [6.07, 6.45) is -3.98. The highest BCUT2D eigenvalue weighted by molar-refractivity contribution is 5.95. The summed E-state index contributed by atoms with van der Waals surface area (Å²) in [4.78, 5) is 13.9. The number of halogens is 3. The van der Waals surface area contributed by atoms with Crippen LogP contribution in [0.1, 0.15) is 36.2 Å². The molecule has 0 atom stereocenters. The number of rotatable bonds is 6. The molecule has 3 nitrogen and oxygen atoms in total. The summed E-state index contributed by atoms with van der Waals surface area (Å²) in [5, 5.41) is 0. The van der Waals surface area contributed by atoms with Gasteiger partial charge >= 0.3 is 6.18 Å². The highest BCUT2D eigenvalue weighted by atomic mass is 19.4. The lowest BCUT2D eigenvalue weighted by Crippen LogP contribution is -2.36. The van der Waals surface area contributed by atoms with E-state index < -0.39 is 17.6 Å². The normalized spacial score (nSPS) is 11.8. The molecule has 0 heterocycles. The van der Waals surface area contributed by atoms with Crippen molar-refractivity contribution in [3.05, 3.63) is 35.4 Å². The molecule has 0 aliphatic heterocycles. The van der Waals surface area contributed by atoms with Gasteiger partial charge in [0.05, 0.1) is 11.1 Å². The fourth-order valence-electron chi connectivity index (χ4n) is 2.09. The van der Waals surface area contributed by atoms with Crippen molar-refractivity contribution in [1.29, 1.82) is 0 Å². The van der Waals surface area contributed by atoms with Gasteiger partial charge in [0.2, 0.25) is 0 Å². The highest BCUT2D eigenvalue weighted by Gasteiger charge is 2.35. The van der Waals surface area contributed by atoms with Crippen LogP contribution in [0.25, 0.3) is 0 Å². The van der Waals surface area contributed by atoms with E-state index in [4.69, 9.17) is 5.73 Å².